The largest absolute Gasteiger partial charge is 0.489 e. The van der Waals surface area contributed by atoms with Crippen molar-refractivity contribution in [2.45, 2.75) is 26.4 Å². The Bertz CT molecular complexity index is 588. The second kappa shape index (κ2) is 6.33. The monoisotopic (exact) mass is 272 g/mol. The molecule has 104 valence electrons. The highest BCUT2D eigenvalue weighted by molar-refractivity contribution is 5.75. The number of halogens is 1. The predicted octanol–water partition coefficient (Wildman–Crippen LogP) is 4.34. The molecule has 0 N–H and O–H groups in total. The first-order valence-electron chi connectivity index (χ1n) is 6.56. The van der Waals surface area contributed by atoms with Crippen LogP contribution in [0.3, 0.4) is 0 Å². The number of carbonyl (C=O) groups is 1. The van der Waals surface area contributed by atoms with Crippen molar-refractivity contribution in [1.82, 2.24) is 0 Å². The number of ether oxygens (including phenoxy) is 1. The molecule has 3 heteroatoms. The van der Waals surface area contributed by atoms with Gasteiger partial charge in [-0.15, -0.1) is 0 Å². The van der Waals surface area contributed by atoms with Crippen LogP contribution < -0.4 is 4.74 Å². The summed E-state index contributed by atoms with van der Waals surface area (Å²) in [5.41, 5.74) is 2.34. The van der Waals surface area contributed by atoms with E-state index in [0.717, 1.165) is 5.56 Å². The molecule has 0 amide bonds. The normalized spacial score (nSPS) is 10.6. The molecular formula is C17H17FO2. The van der Waals surface area contributed by atoms with Gasteiger partial charge < -0.3 is 4.74 Å². The van der Waals surface area contributed by atoms with Crippen molar-refractivity contribution >= 4 is 6.29 Å². The summed E-state index contributed by atoms with van der Waals surface area (Å²) in [4.78, 5) is 10.5. The van der Waals surface area contributed by atoms with Gasteiger partial charge in [0.15, 0.2) is 6.29 Å². The Labute approximate surface area is 118 Å². The molecule has 0 unspecified atom stereocenters. The number of hydrogen-bond acceptors (Lipinski definition) is 2. The van der Waals surface area contributed by atoms with Crippen LogP contribution in [-0.2, 0) is 6.61 Å². The molecule has 0 saturated heterocycles. The van der Waals surface area contributed by atoms with Crippen LogP contribution >= 0.6 is 0 Å². The summed E-state index contributed by atoms with van der Waals surface area (Å²) in [5.74, 6) is 0.351. The molecule has 0 aromatic heterocycles. The smallest absolute Gasteiger partial charge is 0.152 e. The third kappa shape index (κ3) is 3.44. The van der Waals surface area contributed by atoms with Gasteiger partial charge in [0.25, 0.3) is 0 Å². The fourth-order valence-electron chi connectivity index (χ4n) is 1.86. The molecule has 20 heavy (non-hydrogen) atoms. The van der Waals surface area contributed by atoms with Crippen molar-refractivity contribution in [2.75, 3.05) is 0 Å². The maximum absolute atomic E-state index is 13.4. The quantitative estimate of drug-likeness (QED) is 0.757. The Balaban J connectivity index is 2.01. The molecule has 0 aliphatic rings. The van der Waals surface area contributed by atoms with Crippen molar-refractivity contribution in [3.8, 4) is 5.75 Å². The van der Waals surface area contributed by atoms with E-state index in [0.29, 0.717) is 24.6 Å². The maximum Gasteiger partial charge on any atom is 0.152 e. The maximum atomic E-state index is 13.4. The Morgan fingerprint density at radius 2 is 1.85 bits per heavy atom. The molecule has 2 aromatic carbocycles. The zero-order valence-corrected chi connectivity index (χ0v) is 11.6. The first kappa shape index (κ1) is 14.3. The van der Waals surface area contributed by atoms with Crippen LogP contribution in [0.1, 0.15) is 41.3 Å². The second-order valence-corrected chi connectivity index (χ2v) is 4.99. The van der Waals surface area contributed by atoms with Crippen LogP contribution in [0.4, 0.5) is 4.39 Å². The number of hydrogen-bond donors (Lipinski definition) is 0. The van der Waals surface area contributed by atoms with E-state index < -0.39 is 5.82 Å². The summed E-state index contributed by atoms with van der Waals surface area (Å²) in [6.07, 6.45) is 0.490. The van der Waals surface area contributed by atoms with Gasteiger partial charge in [-0.05, 0) is 29.2 Å². The average Bonchev–Trinajstić information content (AvgIpc) is 2.45. The van der Waals surface area contributed by atoms with Crippen molar-refractivity contribution in [3.63, 3.8) is 0 Å². The second-order valence-electron chi connectivity index (χ2n) is 4.99. The van der Waals surface area contributed by atoms with Crippen LogP contribution in [0.5, 0.6) is 5.75 Å². The SMILES string of the molecule is CC(C)c1ccc(COc2ccc(C=O)c(F)c2)cc1. The third-order valence-electron chi connectivity index (χ3n) is 3.15. The van der Waals surface area contributed by atoms with Gasteiger partial charge in [-0.1, -0.05) is 38.1 Å². The van der Waals surface area contributed by atoms with E-state index in [1.165, 1.54) is 17.7 Å². The summed E-state index contributed by atoms with van der Waals surface area (Å²) >= 11 is 0. The molecule has 0 aliphatic carbocycles. The minimum Gasteiger partial charge on any atom is -0.489 e. The summed E-state index contributed by atoms with van der Waals surface area (Å²) in [6.45, 7) is 4.66. The van der Waals surface area contributed by atoms with Crippen molar-refractivity contribution in [1.29, 1.82) is 0 Å². The molecule has 0 heterocycles. The fourth-order valence-corrected chi connectivity index (χ4v) is 1.86. The summed E-state index contributed by atoms with van der Waals surface area (Å²) in [6, 6.07) is 12.4. The van der Waals surface area contributed by atoms with Gasteiger partial charge in [0.1, 0.15) is 18.2 Å². The molecule has 2 aromatic rings. The van der Waals surface area contributed by atoms with Crippen LogP contribution in [-0.4, -0.2) is 6.29 Å². The number of rotatable bonds is 5. The van der Waals surface area contributed by atoms with E-state index in [4.69, 9.17) is 4.74 Å². The molecular weight excluding hydrogens is 255 g/mol. The van der Waals surface area contributed by atoms with E-state index in [1.807, 2.05) is 12.1 Å². The number of aldehydes is 1. The standard InChI is InChI=1S/C17H17FO2/c1-12(2)14-5-3-13(4-6-14)11-20-16-8-7-15(10-19)17(18)9-16/h3-10,12H,11H2,1-2H3. The molecule has 0 atom stereocenters. The number of carbonyl (C=O) groups excluding carboxylic acids is 1. The van der Waals surface area contributed by atoms with Gasteiger partial charge in [-0.3, -0.25) is 4.79 Å². The van der Waals surface area contributed by atoms with Crippen LogP contribution in [0.15, 0.2) is 42.5 Å². The Hall–Kier alpha value is -2.16. The van der Waals surface area contributed by atoms with Crippen molar-refractivity contribution in [2.24, 2.45) is 0 Å². The van der Waals surface area contributed by atoms with Gasteiger partial charge in [-0.25, -0.2) is 4.39 Å². The van der Waals surface area contributed by atoms with Gasteiger partial charge in [0, 0.05) is 6.07 Å². The van der Waals surface area contributed by atoms with E-state index in [2.05, 4.69) is 26.0 Å². The highest BCUT2D eigenvalue weighted by atomic mass is 19.1. The summed E-state index contributed by atoms with van der Waals surface area (Å²) < 4.78 is 18.9. The predicted molar refractivity (Wildman–Crippen MR) is 76.7 cm³/mol. The lowest BCUT2D eigenvalue weighted by atomic mass is 10.0. The zero-order valence-electron chi connectivity index (χ0n) is 11.6. The van der Waals surface area contributed by atoms with Crippen molar-refractivity contribution in [3.05, 3.63) is 65.0 Å². The van der Waals surface area contributed by atoms with E-state index in [-0.39, 0.29) is 5.56 Å². The topological polar surface area (TPSA) is 26.3 Å². The highest BCUT2D eigenvalue weighted by Crippen LogP contribution is 2.18. The number of benzene rings is 2. The Morgan fingerprint density at radius 1 is 1.15 bits per heavy atom. The average molecular weight is 272 g/mol. The Morgan fingerprint density at radius 3 is 2.40 bits per heavy atom. The van der Waals surface area contributed by atoms with Gasteiger partial charge in [0.2, 0.25) is 0 Å². The molecule has 0 bridgehead atoms. The van der Waals surface area contributed by atoms with E-state index >= 15 is 0 Å². The van der Waals surface area contributed by atoms with Crippen molar-refractivity contribution < 1.29 is 13.9 Å². The fraction of sp³-hybridized carbons (Fsp3) is 0.235. The van der Waals surface area contributed by atoms with Gasteiger partial charge >= 0.3 is 0 Å². The molecule has 0 aliphatic heterocycles. The zero-order chi connectivity index (χ0) is 14.5. The highest BCUT2D eigenvalue weighted by Gasteiger charge is 2.04. The molecule has 0 fully saturated rings. The lowest BCUT2D eigenvalue weighted by molar-refractivity contribution is 0.111. The lowest BCUT2D eigenvalue weighted by Crippen LogP contribution is -1.97. The lowest BCUT2D eigenvalue weighted by Gasteiger charge is -2.09. The third-order valence-corrected chi connectivity index (χ3v) is 3.15. The first-order valence-corrected chi connectivity index (χ1v) is 6.56. The summed E-state index contributed by atoms with van der Waals surface area (Å²) in [5, 5.41) is 0. The molecule has 0 spiro atoms. The molecule has 0 saturated carbocycles. The van der Waals surface area contributed by atoms with Crippen LogP contribution in [0, 0.1) is 5.82 Å². The van der Waals surface area contributed by atoms with E-state index in [9.17, 15) is 9.18 Å². The molecule has 2 rings (SSSR count). The van der Waals surface area contributed by atoms with E-state index in [1.54, 1.807) is 6.07 Å². The van der Waals surface area contributed by atoms with Crippen LogP contribution in [0.2, 0.25) is 0 Å². The van der Waals surface area contributed by atoms with Crippen LogP contribution in [0.25, 0.3) is 0 Å². The first-order chi connectivity index (χ1) is 9.60. The molecule has 2 nitrogen and oxygen atoms in total. The Kier molecular flexibility index (Phi) is 4.51. The van der Waals surface area contributed by atoms with Gasteiger partial charge in [-0.2, -0.15) is 0 Å². The van der Waals surface area contributed by atoms with Gasteiger partial charge in [0.05, 0.1) is 5.56 Å². The summed E-state index contributed by atoms with van der Waals surface area (Å²) in [7, 11) is 0. The minimum atomic E-state index is -0.562. The minimum absolute atomic E-state index is 0.0404. The molecule has 0 radical (unpaired) electrons.